The molecule has 0 fully saturated rings. The van der Waals surface area contributed by atoms with Crippen LogP contribution in [0.4, 0.5) is 4.39 Å². The molecular formula is C18H18FNO2. The first-order chi connectivity index (χ1) is 10.7. The molecule has 3 nitrogen and oxygen atoms in total. The molecule has 1 unspecified atom stereocenters. The predicted octanol–water partition coefficient (Wildman–Crippen LogP) is 3.15. The average molecular weight is 299 g/mol. The number of benzene rings is 2. The molecule has 2 aromatic carbocycles. The molecule has 22 heavy (non-hydrogen) atoms. The molecule has 2 atom stereocenters. The topological polar surface area (TPSA) is 41.8 Å². The van der Waals surface area contributed by atoms with Crippen LogP contribution in [0.5, 0.6) is 5.75 Å². The Morgan fingerprint density at radius 2 is 2.09 bits per heavy atom. The predicted molar refractivity (Wildman–Crippen MR) is 83.8 cm³/mol. The number of hydrogen-bond donors (Lipinski definition) is 1. The lowest BCUT2D eigenvalue weighted by atomic mass is 9.99. The van der Waals surface area contributed by atoms with Crippen molar-refractivity contribution in [2.75, 3.05) is 0 Å². The number of aliphatic hydroxyl groups is 1. The molecule has 3 rings (SSSR count). The van der Waals surface area contributed by atoms with E-state index in [2.05, 4.69) is 4.99 Å². The monoisotopic (exact) mass is 299 g/mol. The van der Waals surface area contributed by atoms with E-state index in [1.165, 1.54) is 18.3 Å². The Labute approximate surface area is 129 Å². The van der Waals surface area contributed by atoms with Gasteiger partial charge in [-0.2, -0.15) is 0 Å². The summed E-state index contributed by atoms with van der Waals surface area (Å²) in [5.41, 5.74) is 1.95. The van der Waals surface area contributed by atoms with Gasteiger partial charge in [0.15, 0.2) is 0 Å². The van der Waals surface area contributed by atoms with Crippen molar-refractivity contribution < 1.29 is 14.2 Å². The second kappa shape index (κ2) is 6.71. The lowest BCUT2D eigenvalue weighted by Crippen LogP contribution is -2.36. The third kappa shape index (κ3) is 3.52. The summed E-state index contributed by atoms with van der Waals surface area (Å²) < 4.78 is 18.9. The van der Waals surface area contributed by atoms with Crippen LogP contribution in [0, 0.1) is 5.82 Å². The van der Waals surface area contributed by atoms with Crippen molar-refractivity contribution in [1.82, 2.24) is 0 Å². The van der Waals surface area contributed by atoms with Gasteiger partial charge in [0, 0.05) is 6.21 Å². The van der Waals surface area contributed by atoms with E-state index in [0.29, 0.717) is 25.1 Å². The second-order valence-electron chi connectivity index (χ2n) is 5.41. The number of nitrogens with zero attached hydrogens (tertiary/aromatic N) is 1. The standard InChI is InChI=1S/C18H18FNO2/c19-15-7-9-17-14(10-15)6-8-18(22-17)16(21)12-20-11-13-4-2-1-3-5-13/h1-5,7,9-10,12,16,18,21H,6,8,11H2/t16-,18?/m1/s1. The molecule has 0 saturated carbocycles. The molecule has 0 spiro atoms. The SMILES string of the molecule is O[C@H](C=NCc1ccccc1)C1CCc2cc(F)ccc2O1. The molecule has 1 aliphatic rings. The van der Waals surface area contributed by atoms with Gasteiger partial charge in [0.25, 0.3) is 0 Å². The normalized spacial score (nSPS) is 18.7. The molecule has 114 valence electrons. The van der Waals surface area contributed by atoms with E-state index in [0.717, 1.165) is 11.1 Å². The first-order valence-electron chi connectivity index (χ1n) is 7.39. The third-order valence-corrected chi connectivity index (χ3v) is 3.75. The molecule has 2 aromatic rings. The number of ether oxygens (including phenoxy) is 1. The number of halogens is 1. The first kappa shape index (κ1) is 14.7. The molecule has 0 aliphatic carbocycles. The van der Waals surface area contributed by atoms with Gasteiger partial charge in [-0.1, -0.05) is 30.3 Å². The zero-order valence-electron chi connectivity index (χ0n) is 12.2. The highest BCUT2D eigenvalue weighted by molar-refractivity contribution is 5.64. The van der Waals surface area contributed by atoms with Gasteiger partial charge in [-0.3, -0.25) is 4.99 Å². The van der Waals surface area contributed by atoms with Crippen molar-refractivity contribution in [1.29, 1.82) is 0 Å². The van der Waals surface area contributed by atoms with E-state index >= 15 is 0 Å². The van der Waals surface area contributed by atoms with E-state index < -0.39 is 6.10 Å². The van der Waals surface area contributed by atoms with Gasteiger partial charge < -0.3 is 9.84 Å². The number of fused-ring (bicyclic) bond motifs is 1. The van der Waals surface area contributed by atoms with Crippen molar-refractivity contribution in [3.63, 3.8) is 0 Å². The maximum atomic E-state index is 13.2. The quantitative estimate of drug-likeness (QED) is 0.881. The maximum absolute atomic E-state index is 13.2. The Bertz CT molecular complexity index is 657. The number of aliphatic imine (C=N–C) groups is 1. The van der Waals surface area contributed by atoms with Crippen molar-refractivity contribution in [2.45, 2.75) is 31.6 Å². The fourth-order valence-electron chi connectivity index (χ4n) is 2.56. The van der Waals surface area contributed by atoms with Gasteiger partial charge >= 0.3 is 0 Å². The summed E-state index contributed by atoms with van der Waals surface area (Å²) in [5.74, 6) is 0.388. The summed E-state index contributed by atoms with van der Waals surface area (Å²) in [6.07, 6.45) is 1.78. The van der Waals surface area contributed by atoms with Crippen molar-refractivity contribution in [3.8, 4) is 5.75 Å². The highest BCUT2D eigenvalue weighted by atomic mass is 19.1. The highest BCUT2D eigenvalue weighted by Crippen LogP contribution is 2.29. The minimum Gasteiger partial charge on any atom is -0.487 e. The van der Waals surface area contributed by atoms with E-state index in [4.69, 9.17) is 4.74 Å². The van der Waals surface area contributed by atoms with Crippen LogP contribution in [0.15, 0.2) is 53.5 Å². The zero-order chi connectivity index (χ0) is 15.4. The Morgan fingerprint density at radius 1 is 1.27 bits per heavy atom. The Morgan fingerprint density at radius 3 is 2.91 bits per heavy atom. The van der Waals surface area contributed by atoms with Crippen LogP contribution in [0.25, 0.3) is 0 Å². The second-order valence-corrected chi connectivity index (χ2v) is 5.41. The van der Waals surface area contributed by atoms with Crippen LogP contribution in [-0.2, 0) is 13.0 Å². The molecule has 0 saturated heterocycles. The van der Waals surface area contributed by atoms with Crippen LogP contribution in [-0.4, -0.2) is 23.5 Å². The Balaban J connectivity index is 1.59. The Kier molecular flexibility index (Phi) is 4.49. The Hall–Kier alpha value is -2.20. The molecule has 0 radical (unpaired) electrons. The number of aryl methyl sites for hydroxylation is 1. The average Bonchev–Trinajstić information content (AvgIpc) is 2.55. The smallest absolute Gasteiger partial charge is 0.130 e. The van der Waals surface area contributed by atoms with Gasteiger partial charge in [-0.15, -0.1) is 0 Å². The fourth-order valence-corrected chi connectivity index (χ4v) is 2.56. The summed E-state index contributed by atoms with van der Waals surface area (Å²) in [4.78, 5) is 4.27. The lowest BCUT2D eigenvalue weighted by Gasteiger charge is -2.28. The van der Waals surface area contributed by atoms with E-state index in [1.807, 2.05) is 30.3 Å². The lowest BCUT2D eigenvalue weighted by molar-refractivity contribution is 0.0663. The summed E-state index contributed by atoms with van der Waals surface area (Å²) in [6, 6.07) is 14.3. The van der Waals surface area contributed by atoms with E-state index in [-0.39, 0.29) is 11.9 Å². The molecular weight excluding hydrogens is 281 g/mol. The summed E-state index contributed by atoms with van der Waals surface area (Å²) >= 11 is 0. The van der Waals surface area contributed by atoms with E-state index in [1.54, 1.807) is 6.07 Å². The molecule has 1 aliphatic heterocycles. The molecule has 1 N–H and O–H groups in total. The summed E-state index contributed by atoms with van der Waals surface area (Å²) in [5, 5.41) is 10.2. The minimum absolute atomic E-state index is 0.259. The van der Waals surface area contributed by atoms with Crippen LogP contribution >= 0.6 is 0 Å². The van der Waals surface area contributed by atoms with Crippen LogP contribution in [0.3, 0.4) is 0 Å². The van der Waals surface area contributed by atoms with Crippen LogP contribution < -0.4 is 4.74 Å². The molecule has 0 bridgehead atoms. The van der Waals surface area contributed by atoms with Gasteiger partial charge in [-0.05, 0) is 42.2 Å². The fraction of sp³-hybridized carbons (Fsp3) is 0.278. The third-order valence-electron chi connectivity index (χ3n) is 3.75. The maximum Gasteiger partial charge on any atom is 0.130 e. The van der Waals surface area contributed by atoms with E-state index in [9.17, 15) is 9.50 Å². The van der Waals surface area contributed by atoms with Gasteiger partial charge in [0.1, 0.15) is 23.8 Å². The number of rotatable bonds is 4. The molecule has 0 amide bonds. The molecule has 1 heterocycles. The van der Waals surface area contributed by atoms with Crippen molar-refractivity contribution in [2.24, 2.45) is 4.99 Å². The molecule has 4 heteroatoms. The number of hydrogen-bond acceptors (Lipinski definition) is 3. The van der Waals surface area contributed by atoms with Crippen LogP contribution in [0.1, 0.15) is 17.5 Å². The van der Waals surface area contributed by atoms with Gasteiger partial charge in [-0.25, -0.2) is 4.39 Å². The van der Waals surface area contributed by atoms with Gasteiger partial charge in [0.05, 0.1) is 6.54 Å². The van der Waals surface area contributed by atoms with Gasteiger partial charge in [0.2, 0.25) is 0 Å². The highest BCUT2D eigenvalue weighted by Gasteiger charge is 2.25. The van der Waals surface area contributed by atoms with Crippen molar-refractivity contribution in [3.05, 3.63) is 65.5 Å². The zero-order valence-corrected chi connectivity index (χ0v) is 12.2. The molecule has 0 aromatic heterocycles. The summed E-state index contributed by atoms with van der Waals surface area (Å²) in [7, 11) is 0. The summed E-state index contributed by atoms with van der Waals surface area (Å²) in [6.45, 7) is 0.534. The first-order valence-corrected chi connectivity index (χ1v) is 7.39. The number of aliphatic hydroxyl groups excluding tert-OH is 1. The van der Waals surface area contributed by atoms with Crippen molar-refractivity contribution >= 4 is 6.21 Å². The van der Waals surface area contributed by atoms with Crippen LogP contribution in [0.2, 0.25) is 0 Å². The minimum atomic E-state index is -0.762. The largest absolute Gasteiger partial charge is 0.487 e.